The zero-order valence-corrected chi connectivity index (χ0v) is 11.8. The summed E-state index contributed by atoms with van der Waals surface area (Å²) >= 11 is 1.50. The van der Waals surface area contributed by atoms with Gasteiger partial charge in [0, 0.05) is 36.8 Å². The number of fused-ring (bicyclic) bond motifs is 1. The molecule has 0 aliphatic carbocycles. The van der Waals surface area contributed by atoms with Gasteiger partial charge in [-0.25, -0.2) is 4.98 Å². The van der Waals surface area contributed by atoms with Gasteiger partial charge < -0.3 is 5.32 Å². The molecule has 1 aliphatic rings. The first-order chi connectivity index (χ1) is 9.28. The highest BCUT2D eigenvalue weighted by molar-refractivity contribution is 7.15. The van der Waals surface area contributed by atoms with Crippen LogP contribution in [0.2, 0.25) is 0 Å². The van der Waals surface area contributed by atoms with Crippen LogP contribution >= 0.6 is 11.3 Å². The average Bonchev–Trinajstić information content (AvgIpc) is 3.06. The summed E-state index contributed by atoms with van der Waals surface area (Å²) in [4.78, 5) is 19.7. The van der Waals surface area contributed by atoms with Crippen molar-refractivity contribution in [3.05, 3.63) is 33.7 Å². The van der Waals surface area contributed by atoms with Crippen molar-refractivity contribution in [3.8, 4) is 0 Å². The van der Waals surface area contributed by atoms with Crippen LogP contribution in [0.1, 0.15) is 19.0 Å². The summed E-state index contributed by atoms with van der Waals surface area (Å²) in [5.41, 5.74) is 0.892. The van der Waals surface area contributed by atoms with Crippen LogP contribution in [0.15, 0.2) is 22.4 Å². The molecule has 3 rings (SSSR count). The molecule has 0 radical (unpaired) electrons. The van der Waals surface area contributed by atoms with Gasteiger partial charge in [0.1, 0.15) is 0 Å². The van der Waals surface area contributed by atoms with Gasteiger partial charge >= 0.3 is 0 Å². The highest BCUT2D eigenvalue weighted by atomic mass is 32.1. The maximum Gasteiger partial charge on any atom is 0.258 e. The van der Waals surface area contributed by atoms with E-state index in [1.807, 2.05) is 5.38 Å². The summed E-state index contributed by atoms with van der Waals surface area (Å²) in [7, 11) is 0. The number of nitrogens with zero attached hydrogens (tertiary/aromatic N) is 3. The van der Waals surface area contributed by atoms with E-state index >= 15 is 0 Å². The Morgan fingerprint density at radius 2 is 2.53 bits per heavy atom. The van der Waals surface area contributed by atoms with Gasteiger partial charge in [-0.1, -0.05) is 6.92 Å². The molecule has 6 heteroatoms. The van der Waals surface area contributed by atoms with Crippen molar-refractivity contribution in [3.63, 3.8) is 0 Å². The van der Waals surface area contributed by atoms with E-state index in [2.05, 4.69) is 22.1 Å². The summed E-state index contributed by atoms with van der Waals surface area (Å²) in [6.45, 7) is 6.02. The van der Waals surface area contributed by atoms with Crippen LogP contribution in [0.25, 0.3) is 4.96 Å². The Morgan fingerprint density at radius 1 is 1.63 bits per heavy atom. The molecule has 1 atom stereocenters. The molecule has 1 aliphatic heterocycles. The fraction of sp³-hybridized carbons (Fsp3) is 0.538. The van der Waals surface area contributed by atoms with E-state index in [1.54, 1.807) is 16.7 Å². The van der Waals surface area contributed by atoms with E-state index in [4.69, 9.17) is 0 Å². The third kappa shape index (κ3) is 2.56. The van der Waals surface area contributed by atoms with Gasteiger partial charge in [0.2, 0.25) is 0 Å². The summed E-state index contributed by atoms with van der Waals surface area (Å²) < 4.78 is 1.60. The largest absolute Gasteiger partial charge is 0.315 e. The minimum absolute atomic E-state index is 0.0156. The fourth-order valence-electron chi connectivity index (χ4n) is 2.63. The normalized spacial score (nSPS) is 19.6. The quantitative estimate of drug-likeness (QED) is 0.904. The lowest BCUT2D eigenvalue weighted by Crippen LogP contribution is -2.36. The molecule has 1 N–H and O–H groups in total. The molecule has 1 fully saturated rings. The Kier molecular flexibility index (Phi) is 3.63. The molecule has 0 aromatic carbocycles. The van der Waals surface area contributed by atoms with Crippen LogP contribution < -0.4 is 10.9 Å². The molecule has 3 heterocycles. The van der Waals surface area contributed by atoms with Crippen molar-refractivity contribution >= 4 is 16.3 Å². The predicted molar refractivity (Wildman–Crippen MR) is 76.7 cm³/mol. The van der Waals surface area contributed by atoms with Crippen molar-refractivity contribution in [1.29, 1.82) is 0 Å². The number of hydrogen-bond acceptors (Lipinski definition) is 5. The summed E-state index contributed by atoms with van der Waals surface area (Å²) in [6, 6.07) is 2.22. The lowest BCUT2D eigenvalue weighted by molar-refractivity contribution is 0.208. The first-order valence-electron chi connectivity index (χ1n) is 6.68. The van der Waals surface area contributed by atoms with Crippen molar-refractivity contribution in [2.75, 3.05) is 19.6 Å². The van der Waals surface area contributed by atoms with E-state index in [-0.39, 0.29) is 5.56 Å². The lowest BCUT2D eigenvalue weighted by Gasteiger charge is -2.26. The average molecular weight is 278 g/mol. The maximum atomic E-state index is 12.0. The molecule has 0 spiro atoms. The maximum absolute atomic E-state index is 12.0. The van der Waals surface area contributed by atoms with Gasteiger partial charge in [-0.3, -0.25) is 14.1 Å². The van der Waals surface area contributed by atoms with Crippen LogP contribution in [0, 0.1) is 0 Å². The highest BCUT2D eigenvalue weighted by Gasteiger charge is 2.21. The van der Waals surface area contributed by atoms with E-state index in [0.717, 1.165) is 36.8 Å². The summed E-state index contributed by atoms with van der Waals surface area (Å²) in [5, 5.41) is 5.28. The van der Waals surface area contributed by atoms with E-state index in [0.29, 0.717) is 6.04 Å². The molecule has 0 amide bonds. The van der Waals surface area contributed by atoms with Crippen LogP contribution in [-0.2, 0) is 6.54 Å². The molecular formula is C13H18N4OS. The lowest BCUT2D eigenvalue weighted by atomic mass is 10.2. The summed E-state index contributed by atoms with van der Waals surface area (Å²) in [6.07, 6.45) is 2.95. The molecule has 19 heavy (non-hydrogen) atoms. The van der Waals surface area contributed by atoms with Gasteiger partial charge in [-0.05, 0) is 19.5 Å². The third-order valence-electron chi connectivity index (χ3n) is 3.68. The van der Waals surface area contributed by atoms with Crippen molar-refractivity contribution < 1.29 is 0 Å². The number of rotatable bonds is 4. The number of likely N-dealkylation sites (N-methyl/N-ethyl adjacent to an activating group) is 1. The van der Waals surface area contributed by atoms with Gasteiger partial charge in [0.05, 0.1) is 5.69 Å². The van der Waals surface area contributed by atoms with Crippen molar-refractivity contribution in [2.24, 2.45) is 0 Å². The molecule has 0 bridgehead atoms. The topological polar surface area (TPSA) is 49.6 Å². The number of thiazole rings is 1. The zero-order chi connectivity index (χ0) is 13.2. The standard InChI is InChI=1S/C13H18N4OS/c1-2-16(11-3-4-14-8-11)9-10-7-12(18)17-5-6-19-13(17)15-10/h5-7,11,14H,2-4,8-9H2,1H3. The van der Waals surface area contributed by atoms with Gasteiger partial charge in [0.15, 0.2) is 4.96 Å². The number of hydrogen-bond donors (Lipinski definition) is 1. The molecular weight excluding hydrogens is 260 g/mol. The van der Waals surface area contributed by atoms with E-state index in [1.165, 1.54) is 17.8 Å². The van der Waals surface area contributed by atoms with Crippen molar-refractivity contribution in [1.82, 2.24) is 19.6 Å². The van der Waals surface area contributed by atoms with Gasteiger partial charge in [0.25, 0.3) is 5.56 Å². The van der Waals surface area contributed by atoms with Crippen LogP contribution in [0.3, 0.4) is 0 Å². The zero-order valence-electron chi connectivity index (χ0n) is 11.0. The van der Waals surface area contributed by atoms with E-state index in [9.17, 15) is 4.79 Å². The van der Waals surface area contributed by atoms with Crippen LogP contribution in [0.5, 0.6) is 0 Å². The SMILES string of the molecule is CCN(Cc1cc(=O)n2ccsc2n1)C1CCNC1. The molecule has 5 nitrogen and oxygen atoms in total. The Hall–Kier alpha value is -1.24. The molecule has 1 unspecified atom stereocenters. The smallest absolute Gasteiger partial charge is 0.258 e. The molecule has 1 saturated heterocycles. The van der Waals surface area contributed by atoms with Gasteiger partial charge in [-0.2, -0.15) is 0 Å². The Bertz CT molecular complexity index is 614. The minimum Gasteiger partial charge on any atom is -0.315 e. The minimum atomic E-state index is 0.0156. The predicted octanol–water partition coefficient (Wildman–Crippen LogP) is 0.940. The number of aromatic nitrogens is 2. The number of nitrogens with one attached hydrogen (secondary N) is 1. The van der Waals surface area contributed by atoms with Crippen LogP contribution in [0.4, 0.5) is 0 Å². The molecule has 102 valence electrons. The molecule has 0 saturated carbocycles. The molecule has 2 aromatic rings. The Balaban J connectivity index is 1.85. The Labute approximate surface area is 115 Å². The highest BCUT2D eigenvalue weighted by Crippen LogP contribution is 2.13. The fourth-order valence-corrected chi connectivity index (χ4v) is 3.37. The second-order valence-electron chi connectivity index (χ2n) is 4.85. The Morgan fingerprint density at radius 3 is 3.26 bits per heavy atom. The van der Waals surface area contributed by atoms with Crippen LogP contribution in [-0.4, -0.2) is 40.0 Å². The second kappa shape index (κ2) is 5.40. The van der Waals surface area contributed by atoms with Crippen molar-refractivity contribution in [2.45, 2.75) is 25.9 Å². The molecule has 2 aromatic heterocycles. The first-order valence-corrected chi connectivity index (χ1v) is 7.56. The monoisotopic (exact) mass is 278 g/mol. The second-order valence-corrected chi connectivity index (χ2v) is 5.72. The third-order valence-corrected chi connectivity index (χ3v) is 4.43. The first kappa shape index (κ1) is 12.8. The van der Waals surface area contributed by atoms with E-state index < -0.39 is 0 Å². The summed E-state index contributed by atoms with van der Waals surface area (Å²) in [5.74, 6) is 0. The van der Waals surface area contributed by atoms with Gasteiger partial charge in [-0.15, -0.1) is 11.3 Å².